The molecule has 3 heterocycles. The van der Waals surface area contributed by atoms with Gasteiger partial charge in [0.05, 0.1) is 13.2 Å². The molecule has 2 atom stereocenters. The molecule has 1 N–H and O–H groups in total. The monoisotopic (exact) mass is 323 g/mol. The third-order valence-electron chi connectivity index (χ3n) is 4.88. The number of methoxy groups -OCH3 is 1. The number of nitrogens with one attached hydrogen (secondary N) is 1. The highest BCUT2D eigenvalue weighted by Gasteiger charge is 2.37. The van der Waals surface area contributed by atoms with Crippen LogP contribution in [0.15, 0.2) is 0 Å². The molecule has 5 nitrogen and oxygen atoms in total. The van der Waals surface area contributed by atoms with Crippen LogP contribution in [0.2, 0.25) is 0 Å². The summed E-state index contributed by atoms with van der Waals surface area (Å²) in [5, 5.41) is 4.55. The molecule has 1 aromatic rings. The molecular weight excluding hydrogens is 298 g/mol. The van der Waals surface area contributed by atoms with Crippen molar-refractivity contribution in [3.05, 3.63) is 15.6 Å². The van der Waals surface area contributed by atoms with Crippen LogP contribution in [0, 0.1) is 12.3 Å². The summed E-state index contributed by atoms with van der Waals surface area (Å²) in [7, 11) is 1.41. The van der Waals surface area contributed by atoms with Gasteiger partial charge >= 0.3 is 5.97 Å². The molecule has 0 saturated carbocycles. The molecule has 0 amide bonds. The molecule has 0 bridgehead atoms. The van der Waals surface area contributed by atoms with Gasteiger partial charge < -0.3 is 10.1 Å². The number of hydrogen-bond acceptors (Lipinski definition) is 6. The molecule has 0 aliphatic carbocycles. The fourth-order valence-electron chi connectivity index (χ4n) is 3.63. The fourth-order valence-corrected chi connectivity index (χ4v) is 4.71. The Bertz CT molecular complexity index is 552. The maximum absolute atomic E-state index is 11.8. The highest BCUT2D eigenvalue weighted by Crippen LogP contribution is 2.38. The van der Waals surface area contributed by atoms with Gasteiger partial charge in [-0.3, -0.25) is 4.90 Å². The summed E-state index contributed by atoms with van der Waals surface area (Å²) in [6.07, 6.45) is 3.58. The lowest BCUT2D eigenvalue weighted by atomic mass is 9.89. The highest BCUT2D eigenvalue weighted by atomic mass is 32.1. The zero-order chi connectivity index (χ0) is 15.7. The van der Waals surface area contributed by atoms with Crippen LogP contribution in [0.25, 0.3) is 0 Å². The lowest BCUT2D eigenvalue weighted by Gasteiger charge is -2.32. The maximum Gasteiger partial charge on any atom is 0.357 e. The van der Waals surface area contributed by atoms with Crippen molar-refractivity contribution in [3.63, 3.8) is 0 Å². The average molecular weight is 323 g/mol. The first-order valence-electron chi connectivity index (χ1n) is 8.03. The van der Waals surface area contributed by atoms with Crippen LogP contribution in [0.4, 0.5) is 0 Å². The van der Waals surface area contributed by atoms with Crippen LogP contribution < -0.4 is 5.32 Å². The van der Waals surface area contributed by atoms with Crippen molar-refractivity contribution >= 4 is 17.3 Å². The van der Waals surface area contributed by atoms with Gasteiger partial charge in [0.2, 0.25) is 0 Å². The zero-order valence-electron chi connectivity index (χ0n) is 13.6. The smallest absolute Gasteiger partial charge is 0.357 e. The first-order valence-corrected chi connectivity index (χ1v) is 8.84. The van der Waals surface area contributed by atoms with Gasteiger partial charge in [-0.2, -0.15) is 0 Å². The molecule has 1 aromatic heterocycles. The Kier molecular flexibility index (Phi) is 4.52. The Morgan fingerprint density at radius 1 is 1.59 bits per heavy atom. The van der Waals surface area contributed by atoms with Gasteiger partial charge in [-0.15, -0.1) is 11.3 Å². The number of esters is 1. The number of carbonyl (C=O) groups is 1. The van der Waals surface area contributed by atoms with Crippen LogP contribution in [-0.4, -0.2) is 49.1 Å². The predicted octanol–water partition coefficient (Wildman–Crippen LogP) is 2.37. The Hall–Kier alpha value is -0.980. The number of carbonyl (C=O) groups excluding carboxylic acids is 1. The van der Waals surface area contributed by atoms with Gasteiger partial charge in [0.15, 0.2) is 5.69 Å². The first-order chi connectivity index (χ1) is 10.5. The Balaban J connectivity index is 1.77. The number of hydrogen-bond donors (Lipinski definition) is 1. The average Bonchev–Trinajstić information content (AvgIpc) is 3.19. The molecule has 0 spiro atoms. The van der Waals surface area contributed by atoms with Crippen LogP contribution in [0.3, 0.4) is 0 Å². The van der Waals surface area contributed by atoms with Gasteiger partial charge in [0.1, 0.15) is 5.01 Å². The predicted molar refractivity (Wildman–Crippen MR) is 87.3 cm³/mol. The van der Waals surface area contributed by atoms with Gasteiger partial charge in [-0.05, 0) is 44.7 Å². The molecule has 2 aliphatic heterocycles. The third kappa shape index (κ3) is 3.05. The van der Waals surface area contributed by atoms with E-state index in [0.29, 0.717) is 17.2 Å². The highest BCUT2D eigenvalue weighted by molar-refractivity contribution is 7.11. The molecule has 2 fully saturated rings. The van der Waals surface area contributed by atoms with E-state index in [1.54, 1.807) is 11.3 Å². The second-order valence-corrected chi connectivity index (χ2v) is 8.05. The fraction of sp³-hybridized carbons (Fsp3) is 0.750. The second kappa shape index (κ2) is 6.26. The molecule has 6 heteroatoms. The molecule has 2 saturated heterocycles. The van der Waals surface area contributed by atoms with Crippen LogP contribution in [0.5, 0.6) is 0 Å². The summed E-state index contributed by atoms with van der Waals surface area (Å²) in [5.41, 5.74) is 0.850. The second-order valence-electron chi connectivity index (χ2n) is 6.81. The molecule has 2 unspecified atom stereocenters. The number of aromatic nitrogens is 1. The van der Waals surface area contributed by atoms with Crippen molar-refractivity contribution in [1.82, 2.24) is 15.2 Å². The molecule has 2 aliphatic rings. The van der Waals surface area contributed by atoms with Crippen molar-refractivity contribution in [3.8, 4) is 0 Å². The van der Waals surface area contributed by atoms with Gasteiger partial charge in [0, 0.05) is 18.0 Å². The van der Waals surface area contributed by atoms with E-state index < -0.39 is 0 Å². The zero-order valence-corrected chi connectivity index (χ0v) is 14.5. The number of thiazole rings is 1. The van der Waals surface area contributed by atoms with E-state index in [4.69, 9.17) is 4.74 Å². The molecule has 3 rings (SSSR count). The van der Waals surface area contributed by atoms with Crippen molar-refractivity contribution in [2.45, 2.75) is 39.2 Å². The molecule has 122 valence electrons. The van der Waals surface area contributed by atoms with E-state index in [9.17, 15) is 4.79 Å². The Labute approximate surface area is 136 Å². The number of rotatable bonds is 4. The summed E-state index contributed by atoms with van der Waals surface area (Å²) in [5.74, 6) is -0.323. The van der Waals surface area contributed by atoms with E-state index in [0.717, 1.165) is 42.5 Å². The maximum atomic E-state index is 11.8. The number of ether oxygens (including phenoxy) is 1. The minimum absolute atomic E-state index is 0.323. The lowest BCUT2D eigenvalue weighted by molar-refractivity contribution is 0.0593. The van der Waals surface area contributed by atoms with E-state index in [-0.39, 0.29) is 5.97 Å². The van der Waals surface area contributed by atoms with Crippen LogP contribution in [-0.2, 0) is 4.74 Å². The normalized spacial score (nSPS) is 29.1. The Morgan fingerprint density at radius 3 is 3.09 bits per heavy atom. The largest absolute Gasteiger partial charge is 0.464 e. The van der Waals surface area contributed by atoms with Gasteiger partial charge in [-0.1, -0.05) is 6.92 Å². The Morgan fingerprint density at radius 2 is 2.41 bits per heavy atom. The van der Waals surface area contributed by atoms with E-state index >= 15 is 0 Å². The summed E-state index contributed by atoms with van der Waals surface area (Å²) < 4.78 is 4.83. The van der Waals surface area contributed by atoms with Crippen molar-refractivity contribution in [2.75, 3.05) is 33.3 Å². The minimum atomic E-state index is -0.323. The number of aryl methyl sites for hydroxylation is 1. The van der Waals surface area contributed by atoms with Crippen molar-refractivity contribution in [2.24, 2.45) is 5.41 Å². The minimum Gasteiger partial charge on any atom is -0.464 e. The standard InChI is InChI=1S/C16H25N3O2S/c1-11-13(15(20)21-3)18-14(22-11)12-5-4-8-19(12)10-16(2)6-7-17-9-16/h12,17H,4-10H2,1-3H3. The molecular formula is C16H25N3O2S. The van der Waals surface area contributed by atoms with Gasteiger partial charge in [-0.25, -0.2) is 9.78 Å². The first kappa shape index (κ1) is 15.9. The van der Waals surface area contributed by atoms with E-state index in [2.05, 4.69) is 22.1 Å². The third-order valence-corrected chi connectivity index (χ3v) is 5.95. The van der Waals surface area contributed by atoms with E-state index in [1.165, 1.54) is 20.0 Å². The molecule has 0 aromatic carbocycles. The summed E-state index contributed by atoms with van der Waals surface area (Å²) >= 11 is 1.65. The summed E-state index contributed by atoms with van der Waals surface area (Å²) in [6.45, 7) is 8.78. The van der Waals surface area contributed by atoms with E-state index in [1.807, 2.05) is 6.92 Å². The van der Waals surface area contributed by atoms with Gasteiger partial charge in [0.25, 0.3) is 0 Å². The van der Waals surface area contributed by atoms with Crippen molar-refractivity contribution in [1.29, 1.82) is 0 Å². The SMILES string of the molecule is COC(=O)c1nc(C2CCCN2CC2(C)CCNC2)sc1C. The number of likely N-dealkylation sites (tertiary alicyclic amines) is 1. The summed E-state index contributed by atoms with van der Waals surface area (Å²) in [4.78, 5) is 19.9. The van der Waals surface area contributed by atoms with Crippen LogP contribution >= 0.6 is 11.3 Å². The summed E-state index contributed by atoms with van der Waals surface area (Å²) in [6, 6.07) is 0.361. The lowest BCUT2D eigenvalue weighted by Crippen LogP contribution is -2.37. The quantitative estimate of drug-likeness (QED) is 0.862. The van der Waals surface area contributed by atoms with Crippen LogP contribution in [0.1, 0.15) is 52.6 Å². The number of nitrogens with zero attached hydrogens (tertiary/aromatic N) is 2. The van der Waals surface area contributed by atoms with Crippen molar-refractivity contribution < 1.29 is 9.53 Å². The molecule has 22 heavy (non-hydrogen) atoms. The molecule has 0 radical (unpaired) electrons. The topological polar surface area (TPSA) is 54.5 Å².